The smallest absolute Gasteiger partial charge is 0.244 e. The maximum absolute atomic E-state index is 12.6. The Bertz CT molecular complexity index is 792. The number of hydrogen-bond acceptors (Lipinski definition) is 3. The van der Waals surface area contributed by atoms with E-state index >= 15 is 0 Å². The number of amides is 1. The van der Waals surface area contributed by atoms with Gasteiger partial charge < -0.3 is 15.5 Å². The summed E-state index contributed by atoms with van der Waals surface area (Å²) in [4.78, 5) is 23.4. The molecule has 0 radical (unpaired) electrons. The zero-order chi connectivity index (χ0) is 21.0. The van der Waals surface area contributed by atoms with Crippen LogP contribution in [0.4, 0.5) is 0 Å². The molecule has 1 amide bonds. The summed E-state index contributed by atoms with van der Waals surface area (Å²) in [5, 5.41) is 6.50. The first kappa shape index (κ1) is 25.1. The third-order valence-corrected chi connectivity index (χ3v) is 5.45. The molecule has 0 aliphatic carbocycles. The van der Waals surface area contributed by atoms with Crippen LogP contribution in [0, 0.1) is 5.92 Å². The van der Waals surface area contributed by atoms with Crippen LogP contribution in [-0.2, 0) is 17.6 Å². The molecule has 2 aromatic rings. The summed E-state index contributed by atoms with van der Waals surface area (Å²) in [6, 6.07) is 16.5. The molecule has 1 aliphatic heterocycles. The minimum Gasteiger partial charge on any atom is -0.357 e. The number of carbonyl (C=O) groups excluding carboxylic acids is 1. The molecule has 31 heavy (non-hydrogen) atoms. The van der Waals surface area contributed by atoms with E-state index in [2.05, 4.69) is 50.9 Å². The van der Waals surface area contributed by atoms with E-state index < -0.39 is 0 Å². The van der Waals surface area contributed by atoms with Gasteiger partial charge in [0.15, 0.2) is 5.96 Å². The number of aromatic nitrogens is 1. The van der Waals surface area contributed by atoms with Crippen LogP contribution in [0.5, 0.6) is 0 Å². The monoisotopic (exact) mass is 535 g/mol. The molecular weight excluding hydrogens is 501 g/mol. The molecule has 1 aromatic heterocycles. The Kier molecular flexibility index (Phi) is 11.3. The summed E-state index contributed by atoms with van der Waals surface area (Å²) in [6.45, 7) is 5.35. The minimum atomic E-state index is 0. The first-order chi connectivity index (χ1) is 14.7. The van der Waals surface area contributed by atoms with Gasteiger partial charge in [-0.3, -0.25) is 9.78 Å². The highest BCUT2D eigenvalue weighted by atomic mass is 127. The highest BCUT2D eigenvalue weighted by Crippen LogP contribution is 2.21. The Hall–Kier alpha value is -2.16. The lowest BCUT2D eigenvalue weighted by molar-refractivity contribution is -0.130. The zero-order valence-corrected chi connectivity index (χ0v) is 20.6. The highest BCUT2D eigenvalue weighted by Gasteiger charge is 2.22. The fourth-order valence-corrected chi connectivity index (χ4v) is 3.78. The second-order valence-electron chi connectivity index (χ2n) is 7.71. The number of benzene rings is 1. The number of nitrogens with one attached hydrogen (secondary N) is 2. The molecule has 7 heteroatoms. The molecular formula is C24H34IN5O. The van der Waals surface area contributed by atoms with Crippen LogP contribution in [0.25, 0.3) is 0 Å². The van der Waals surface area contributed by atoms with Crippen molar-refractivity contribution in [3.8, 4) is 0 Å². The summed E-state index contributed by atoms with van der Waals surface area (Å²) in [5.41, 5.74) is 2.43. The van der Waals surface area contributed by atoms with Gasteiger partial charge in [-0.1, -0.05) is 36.4 Å². The van der Waals surface area contributed by atoms with E-state index in [1.807, 2.05) is 30.0 Å². The lowest BCUT2D eigenvalue weighted by atomic mass is 9.90. The van der Waals surface area contributed by atoms with Gasteiger partial charge in [-0.2, -0.15) is 0 Å². The quantitative estimate of drug-likeness (QED) is 0.310. The van der Waals surface area contributed by atoms with Gasteiger partial charge in [0.2, 0.25) is 5.91 Å². The van der Waals surface area contributed by atoms with Crippen LogP contribution in [0.2, 0.25) is 0 Å². The lowest BCUT2D eigenvalue weighted by Crippen LogP contribution is -2.42. The third kappa shape index (κ3) is 8.85. The Morgan fingerprint density at radius 2 is 1.84 bits per heavy atom. The Morgan fingerprint density at radius 3 is 2.52 bits per heavy atom. The average molecular weight is 535 g/mol. The molecule has 6 nitrogen and oxygen atoms in total. The predicted molar refractivity (Wildman–Crippen MR) is 137 cm³/mol. The third-order valence-electron chi connectivity index (χ3n) is 5.45. The number of piperidine rings is 1. The van der Waals surface area contributed by atoms with Crippen molar-refractivity contribution in [3.63, 3.8) is 0 Å². The molecule has 3 rings (SSSR count). The van der Waals surface area contributed by atoms with Crippen LogP contribution < -0.4 is 10.6 Å². The maximum Gasteiger partial charge on any atom is 0.244 e. The molecule has 1 fully saturated rings. The van der Waals surface area contributed by atoms with Gasteiger partial charge in [0, 0.05) is 44.5 Å². The highest BCUT2D eigenvalue weighted by molar-refractivity contribution is 14.0. The van der Waals surface area contributed by atoms with Crippen LogP contribution >= 0.6 is 24.0 Å². The number of aliphatic imine (C=N–C) groups is 1. The van der Waals surface area contributed by atoms with E-state index in [1.165, 1.54) is 5.56 Å². The van der Waals surface area contributed by atoms with E-state index in [0.717, 1.165) is 57.6 Å². The van der Waals surface area contributed by atoms with Gasteiger partial charge in [-0.15, -0.1) is 24.0 Å². The predicted octanol–water partition coefficient (Wildman–Crippen LogP) is 3.28. The molecule has 0 atom stereocenters. The van der Waals surface area contributed by atoms with Gasteiger partial charge in [-0.05, 0) is 49.8 Å². The number of rotatable bonds is 8. The van der Waals surface area contributed by atoms with Crippen LogP contribution in [0.3, 0.4) is 0 Å². The number of halogens is 1. The van der Waals surface area contributed by atoms with Gasteiger partial charge in [0.1, 0.15) is 6.54 Å². The summed E-state index contributed by atoms with van der Waals surface area (Å²) in [5.74, 6) is 1.45. The van der Waals surface area contributed by atoms with Crippen molar-refractivity contribution in [3.05, 3.63) is 66.0 Å². The topological polar surface area (TPSA) is 69.6 Å². The molecule has 0 spiro atoms. The largest absolute Gasteiger partial charge is 0.357 e. The fraction of sp³-hybridized carbons (Fsp3) is 0.458. The van der Waals surface area contributed by atoms with Crippen LogP contribution in [0.15, 0.2) is 59.7 Å². The molecule has 2 heterocycles. The van der Waals surface area contributed by atoms with Crippen molar-refractivity contribution in [2.75, 3.05) is 32.7 Å². The molecule has 1 aromatic carbocycles. The maximum atomic E-state index is 12.6. The standard InChI is InChI=1S/C24H33N5O.HI/c1-2-25-24(27-15-11-22-10-6-7-14-26-22)28-19-23(30)29-16-12-21(13-17-29)18-20-8-4-3-5-9-20;/h3-10,14,21H,2,11-13,15-19H2,1H3,(H2,25,27,28);1H. The summed E-state index contributed by atoms with van der Waals surface area (Å²) in [6.07, 6.45) is 5.84. The SMILES string of the molecule is CCNC(=NCC(=O)N1CCC(Cc2ccccc2)CC1)NCCc1ccccn1.I. The van der Waals surface area contributed by atoms with Gasteiger partial charge in [-0.25, -0.2) is 4.99 Å². The number of hydrogen-bond donors (Lipinski definition) is 2. The number of guanidine groups is 1. The van der Waals surface area contributed by atoms with E-state index in [4.69, 9.17) is 0 Å². The molecule has 0 unspecified atom stereocenters. The zero-order valence-electron chi connectivity index (χ0n) is 18.3. The van der Waals surface area contributed by atoms with Crippen LogP contribution in [-0.4, -0.2) is 54.5 Å². The molecule has 168 valence electrons. The first-order valence-electron chi connectivity index (χ1n) is 11.0. The van der Waals surface area contributed by atoms with Crippen molar-refractivity contribution >= 4 is 35.8 Å². The number of likely N-dealkylation sites (tertiary alicyclic amines) is 1. The summed E-state index contributed by atoms with van der Waals surface area (Å²) >= 11 is 0. The Morgan fingerprint density at radius 1 is 1.10 bits per heavy atom. The van der Waals surface area contributed by atoms with Crippen molar-refractivity contribution in [2.45, 2.75) is 32.6 Å². The molecule has 1 saturated heterocycles. The van der Waals surface area contributed by atoms with Gasteiger partial charge >= 0.3 is 0 Å². The summed E-state index contributed by atoms with van der Waals surface area (Å²) < 4.78 is 0. The van der Waals surface area contributed by atoms with Crippen molar-refractivity contribution < 1.29 is 4.79 Å². The van der Waals surface area contributed by atoms with E-state index in [0.29, 0.717) is 11.9 Å². The first-order valence-corrected chi connectivity index (χ1v) is 11.0. The van der Waals surface area contributed by atoms with Crippen molar-refractivity contribution in [1.82, 2.24) is 20.5 Å². The normalized spacial score (nSPS) is 14.6. The van der Waals surface area contributed by atoms with Crippen LogP contribution in [0.1, 0.15) is 31.0 Å². The van der Waals surface area contributed by atoms with E-state index in [9.17, 15) is 4.79 Å². The molecule has 0 bridgehead atoms. The van der Waals surface area contributed by atoms with Gasteiger partial charge in [0.25, 0.3) is 0 Å². The lowest BCUT2D eigenvalue weighted by Gasteiger charge is -2.32. The number of carbonyl (C=O) groups is 1. The molecule has 0 saturated carbocycles. The molecule has 1 aliphatic rings. The van der Waals surface area contributed by atoms with Gasteiger partial charge in [0.05, 0.1) is 0 Å². The minimum absolute atomic E-state index is 0. The molecule has 2 N–H and O–H groups in total. The Balaban J connectivity index is 0.00000341. The number of nitrogens with zero attached hydrogens (tertiary/aromatic N) is 3. The van der Waals surface area contributed by atoms with E-state index in [1.54, 1.807) is 6.20 Å². The van der Waals surface area contributed by atoms with Crippen molar-refractivity contribution in [2.24, 2.45) is 10.9 Å². The second kappa shape index (κ2) is 14.0. The average Bonchev–Trinajstić information content (AvgIpc) is 2.79. The fourth-order valence-electron chi connectivity index (χ4n) is 3.78. The summed E-state index contributed by atoms with van der Waals surface area (Å²) in [7, 11) is 0. The Labute approximate surface area is 203 Å². The number of pyridine rings is 1. The van der Waals surface area contributed by atoms with Crippen molar-refractivity contribution in [1.29, 1.82) is 0 Å². The second-order valence-corrected chi connectivity index (χ2v) is 7.71. The van der Waals surface area contributed by atoms with E-state index in [-0.39, 0.29) is 36.4 Å².